The molecule has 2 aliphatic rings. The molecule has 2 heterocycles. The summed E-state index contributed by atoms with van der Waals surface area (Å²) in [6, 6.07) is -0.777. The third kappa shape index (κ3) is 2.39. The van der Waals surface area contributed by atoms with Crippen LogP contribution < -0.4 is 11.1 Å². The van der Waals surface area contributed by atoms with Gasteiger partial charge in [0.05, 0.1) is 5.57 Å². The van der Waals surface area contributed by atoms with Crippen molar-refractivity contribution in [1.29, 1.82) is 0 Å². The number of nitrogens with two attached hydrogens (primary N) is 1. The van der Waals surface area contributed by atoms with Crippen LogP contribution >= 0.6 is 0 Å². The van der Waals surface area contributed by atoms with Gasteiger partial charge in [-0.3, -0.25) is 24.6 Å². The summed E-state index contributed by atoms with van der Waals surface area (Å²) in [7, 11) is 0. The molecule has 2 saturated heterocycles. The molecule has 22 heavy (non-hydrogen) atoms. The number of piperidine rings is 1. The zero-order valence-corrected chi connectivity index (χ0v) is 12.1. The van der Waals surface area contributed by atoms with Crippen LogP contribution in [-0.4, -0.2) is 28.7 Å². The topological polar surface area (TPSA) is 92.5 Å². The molecule has 0 bridgehead atoms. The Labute approximate surface area is 128 Å². The summed E-state index contributed by atoms with van der Waals surface area (Å²) in [5.41, 5.74) is 7.25. The Bertz CT molecular complexity index is 670. The van der Waals surface area contributed by atoms with Crippen molar-refractivity contribution in [2.45, 2.75) is 18.9 Å². The predicted octanol–water partition coefficient (Wildman–Crippen LogP) is 0.659. The zero-order chi connectivity index (χ0) is 16.4. The van der Waals surface area contributed by atoms with E-state index in [9.17, 15) is 14.4 Å². The Morgan fingerprint density at radius 3 is 2.55 bits per heavy atom. The molecule has 3 N–H and O–H groups in total. The fourth-order valence-corrected chi connectivity index (χ4v) is 2.59. The van der Waals surface area contributed by atoms with Gasteiger partial charge in [-0.15, -0.1) is 0 Å². The molecule has 1 unspecified atom stereocenters. The standard InChI is InChI=1S/C16H17N3O3/c1-4-6-10-14(11(17)5-2)9(3)19(16(10)22)12-7-8-13(20)18-15(12)21/h4-6,12H,1-3,7-8,17H2,(H,18,20,21)/b10-6+,14-11+. The fraction of sp³-hybridized carbons (Fsp3) is 0.188. The van der Waals surface area contributed by atoms with Gasteiger partial charge in [-0.1, -0.05) is 25.8 Å². The molecule has 0 aromatic heterocycles. The van der Waals surface area contributed by atoms with Crippen molar-refractivity contribution in [2.24, 2.45) is 5.73 Å². The number of nitrogens with zero attached hydrogens (tertiary/aromatic N) is 1. The summed E-state index contributed by atoms with van der Waals surface area (Å²) < 4.78 is 0. The first-order valence-corrected chi connectivity index (χ1v) is 6.74. The lowest BCUT2D eigenvalue weighted by Crippen LogP contribution is -2.52. The van der Waals surface area contributed by atoms with Crippen molar-refractivity contribution in [1.82, 2.24) is 10.2 Å². The number of imide groups is 1. The summed E-state index contributed by atoms with van der Waals surface area (Å²) in [6.45, 7) is 11.0. The summed E-state index contributed by atoms with van der Waals surface area (Å²) in [5, 5.41) is 2.23. The maximum Gasteiger partial charge on any atom is 0.259 e. The second-order valence-electron chi connectivity index (χ2n) is 4.94. The van der Waals surface area contributed by atoms with Gasteiger partial charge in [-0.25, -0.2) is 0 Å². The number of hydrogen-bond donors (Lipinski definition) is 2. The lowest BCUT2D eigenvalue weighted by atomic mass is 10.0. The summed E-state index contributed by atoms with van der Waals surface area (Å²) in [4.78, 5) is 37.2. The predicted molar refractivity (Wildman–Crippen MR) is 81.8 cm³/mol. The largest absolute Gasteiger partial charge is 0.398 e. The van der Waals surface area contributed by atoms with Gasteiger partial charge in [-0.05, 0) is 18.6 Å². The summed E-state index contributed by atoms with van der Waals surface area (Å²) in [5.74, 6) is -1.25. The molecule has 2 aliphatic heterocycles. The van der Waals surface area contributed by atoms with Gasteiger partial charge in [0.25, 0.3) is 5.91 Å². The minimum Gasteiger partial charge on any atom is -0.398 e. The van der Waals surface area contributed by atoms with Gasteiger partial charge in [0.1, 0.15) is 6.04 Å². The van der Waals surface area contributed by atoms with Crippen LogP contribution in [0.5, 0.6) is 0 Å². The van der Waals surface area contributed by atoms with Crippen LogP contribution in [0.3, 0.4) is 0 Å². The van der Waals surface area contributed by atoms with Crippen LogP contribution in [0.15, 0.2) is 60.5 Å². The first kappa shape index (κ1) is 15.5. The van der Waals surface area contributed by atoms with Gasteiger partial charge < -0.3 is 5.73 Å². The van der Waals surface area contributed by atoms with Crippen LogP contribution in [0, 0.1) is 0 Å². The highest BCUT2D eigenvalue weighted by atomic mass is 16.2. The normalized spacial score (nSPS) is 26.3. The molecule has 114 valence electrons. The van der Waals surface area contributed by atoms with Crippen LogP contribution in [0.1, 0.15) is 12.8 Å². The van der Waals surface area contributed by atoms with Crippen molar-refractivity contribution in [3.63, 3.8) is 0 Å². The van der Waals surface area contributed by atoms with Crippen molar-refractivity contribution in [3.8, 4) is 0 Å². The van der Waals surface area contributed by atoms with Crippen molar-refractivity contribution >= 4 is 17.7 Å². The van der Waals surface area contributed by atoms with Crippen molar-refractivity contribution < 1.29 is 14.4 Å². The first-order chi connectivity index (χ1) is 10.4. The van der Waals surface area contributed by atoms with E-state index >= 15 is 0 Å². The molecule has 6 nitrogen and oxygen atoms in total. The monoisotopic (exact) mass is 299 g/mol. The second-order valence-corrected chi connectivity index (χ2v) is 4.94. The third-order valence-corrected chi connectivity index (χ3v) is 3.61. The smallest absolute Gasteiger partial charge is 0.259 e. The van der Waals surface area contributed by atoms with Gasteiger partial charge >= 0.3 is 0 Å². The molecular weight excluding hydrogens is 282 g/mol. The Hall–Kier alpha value is -2.89. The van der Waals surface area contributed by atoms with E-state index < -0.39 is 11.9 Å². The van der Waals surface area contributed by atoms with E-state index in [1.807, 2.05) is 0 Å². The minimum atomic E-state index is -0.777. The van der Waals surface area contributed by atoms with E-state index in [0.29, 0.717) is 22.5 Å². The molecule has 0 radical (unpaired) electrons. The number of carbonyl (C=O) groups excluding carboxylic acids is 3. The molecule has 2 fully saturated rings. The Morgan fingerprint density at radius 2 is 2.00 bits per heavy atom. The molecule has 0 aromatic rings. The maximum absolute atomic E-state index is 12.6. The van der Waals surface area contributed by atoms with Gasteiger partial charge in [0, 0.05) is 23.4 Å². The maximum atomic E-state index is 12.6. The van der Waals surface area contributed by atoms with Crippen LogP contribution in [0.4, 0.5) is 0 Å². The highest BCUT2D eigenvalue weighted by Crippen LogP contribution is 2.36. The van der Waals surface area contributed by atoms with Crippen LogP contribution in [0.25, 0.3) is 0 Å². The van der Waals surface area contributed by atoms with E-state index in [1.165, 1.54) is 23.1 Å². The van der Waals surface area contributed by atoms with E-state index in [2.05, 4.69) is 25.1 Å². The third-order valence-electron chi connectivity index (χ3n) is 3.61. The van der Waals surface area contributed by atoms with E-state index in [0.717, 1.165) is 0 Å². The highest BCUT2D eigenvalue weighted by Gasteiger charge is 2.43. The molecule has 0 saturated carbocycles. The lowest BCUT2D eigenvalue weighted by molar-refractivity contribution is -0.141. The van der Waals surface area contributed by atoms with Gasteiger partial charge in [0.2, 0.25) is 11.8 Å². The second kappa shape index (κ2) is 5.85. The van der Waals surface area contributed by atoms with Gasteiger partial charge in [0.15, 0.2) is 0 Å². The highest BCUT2D eigenvalue weighted by molar-refractivity contribution is 6.09. The molecule has 1 atom stereocenters. The van der Waals surface area contributed by atoms with Crippen molar-refractivity contribution in [2.75, 3.05) is 0 Å². The summed E-state index contributed by atoms with van der Waals surface area (Å²) in [6.07, 6.45) is 4.82. The summed E-state index contributed by atoms with van der Waals surface area (Å²) >= 11 is 0. The number of nitrogens with one attached hydrogen (secondary N) is 1. The van der Waals surface area contributed by atoms with E-state index in [1.54, 1.807) is 0 Å². The van der Waals surface area contributed by atoms with E-state index in [-0.39, 0.29) is 24.7 Å². The quantitative estimate of drug-likeness (QED) is 0.591. The molecule has 0 aliphatic carbocycles. The number of allylic oxidation sites excluding steroid dienone is 4. The number of carbonyl (C=O) groups is 3. The van der Waals surface area contributed by atoms with Crippen molar-refractivity contribution in [3.05, 3.63) is 60.5 Å². The van der Waals surface area contributed by atoms with Crippen LogP contribution in [-0.2, 0) is 14.4 Å². The van der Waals surface area contributed by atoms with Gasteiger partial charge in [-0.2, -0.15) is 0 Å². The number of rotatable bonds is 3. The zero-order valence-electron chi connectivity index (χ0n) is 12.1. The molecule has 2 rings (SSSR count). The lowest BCUT2D eigenvalue weighted by Gasteiger charge is -2.29. The number of likely N-dealkylation sites (tertiary alicyclic amines) is 1. The van der Waals surface area contributed by atoms with E-state index in [4.69, 9.17) is 5.73 Å². The molecular formula is C16H17N3O3. The fourth-order valence-electron chi connectivity index (χ4n) is 2.59. The SMILES string of the molecule is C=C/C=C1/C(=O)N(C2CCC(=O)NC2=O)C(=C)/C1=C(\N)C=C. The Morgan fingerprint density at radius 1 is 1.32 bits per heavy atom. The Balaban J connectivity index is 2.49. The average Bonchev–Trinajstić information content (AvgIpc) is 2.71. The van der Waals surface area contributed by atoms with Crippen LogP contribution in [0.2, 0.25) is 0 Å². The number of amides is 3. The number of hydrogen-bond acceptors (Lipinski definition) is 4. The average molecular weight is 299 g/mol. The molecule has 6 heteroatoms. The first-order valence-electron chi connectivity index (χ1n) is 6.74. The molecule has 3 amide bonds. The minimum absolute atomic E-state index is 0.171. The Kier molecular flexibility index (Phi) is 4.12. The molecule has 0 spiro atoms. The molecule has 0 aromatic carbocycles.